The van der Waals surface area contributed by atoms with E-state index in [4.69, 9.17) is 10.00 Å². The Morgan fingerprint density at radius 2 is 2.00 bits per heavy atom. The van der Waals surface area contributed by atoms with Crippen LogP contribution < -0.4 is 4.74 Å². The van der Waals surface area contributed by atoms with Crippen molar-refractivity contribution in [3.8, 4) is 17.6 Å². The summed E-state index contributed by atoms with van der Waals surface area (Å²) < 4.78 is 6.05. The number of para-hydroxylation sites is 1. The molecular weight excluding hydrogens is 312 g/mol. The maximum atomic E-state index is 10.8. The molecule has 94 valence electrons. The maximum absolute atomic E-state index is 10.8. The van der Waals surface area contributed by atoms with Gasteiger partial charge in [0.2, 0.25) is 0 Å². The van der Waals surface area contributed by atoms with E-state index >= 15 is 0 Å². The van der Waals surface area contributed by atoms with Gasteiger partial charge in [0, 0.05) is 10.5 Å². The number of hydrogen-bond donors (Lipinski definition) is 0. The molecule has 5 nitrogen and oxygen atoms in total. The van der Waals surface area contributed by atoms with Gasteiger partial charge in [-0.05, 0) is 18.2 Å². The zero-order valence-electron chi connectivity index (χ0n) is 9.54. The number of ether oxygens (including phenoxy) is 1. The second-order valence-electron chi connectivity index (χ2n) is 3.61. The van der Waals surface area contributed by atoms with Crippen LogP contribution in [-0.2, 0) is 0 Å². The topological polar surface area (TPSA) is 76.2 Å². The van der Waals surface area contributed by atoms with Crippen molar-refractivity contribution in [1.82, 2.24) is 0 Å². The van der Waals surface area contributed by atoms with Gasteiger partial charge >= 0.3 is 0 Å². The number of benzene rings is 2. The molecule has 2 aromatic carbocycles. The van der Waals surface area contributed by atoms with Crippen LogP contribution in [0, 0.1) is 21.4 Å². The van der Waals surface area contributed by atoms with Gasteiger partial charge in [-0.2, -0.15) is 5.26 Å². The Balaban J connectivity index is 2.39. The molecule has 0 heterocycles. The van der Waals surface area contributed by atoms with Crippen molar-refractivity contribution in [2.75, 3.05) is 0 Å². The van der Waals surface area contributed by atoms with Crippen LogP contribution in [0.25, 0.3) is 0 Å². The quantitative estimate of drug-likeness (QED) is 0.632. The van der Waals surface area contributed by atoms with Gasteiger partial charge in [-0.15, -0.1) is 0 Å². The normalized spacial score (nSPS) is 9.68. The number of nitro benzene ring substituents is 1. The Hall–Kier alpha value is -2.39. The molecule has 0 amide bonds. The largest absolute Gasteiger partial charge is 0.456 e. The summed E-state index contributed by atoms with van der Waals surface area (Å²) in [6.45, 7) is 0. The number of hydrogen-bond acceptors (Lipinski definition) is 4. The van der Waals surface area contributed by atoms with Crippen molar-refractivity contribution < 1.29 is 9.66 Å². The maximum Gasteiger partial charge on any atom is 0.274 e. The monoisotopic (exact) mass is 318 g/mol. The van der Waals surface area contributed by atoms with Gasteiger partial charge in [-0.25, -0.2) is 0 Å². The molecule has 0 fully saturated rings. The minimum Gasteiger partial charge on any atom is -0.456 e. The summed E-state index contributed by atoms with van der Waals surface area (Å²) in [5, 5.41) is 19.7. The minimum atomic E-state index is -0.506. The lowest BCUT2D eigenvalue weighted by Crippen LogP contribution is -1.91. The standard InChI is InChI=1S/C13H7BrN2O3/c14-10-5-11(16(17)18)7-12(6-10)19-13-4-2-1-3-9(13)8-15/h1-7H. The fraction of sp³-hybridized carbons (Fsp3) is 0. The Bertz CT molecular complexity index is 680. The van der Waals surface area contributed by atoms with Crippen LogP contribution in [0.5, 0.6) is 11.5 Å². The Kier molecular flexibility index (Phi) is 3.78. The van der Waals surface area contributed by atoms with Crippen LogP contribution in [-0.4, -0.2) is 4.92 Å². The third kappa shape index (κ3) is 3.09. The first-order valence-corrected chi connectivity index (χ1v) is 6.01. The van der Waals surface area contributed by atoms with Crippen LogP contribution in [0.15, 0.2) is 46.9 Å². The summed E-state index contributed by atoms with van der Waals surface area (Å²) in [5.74, 6) is 0.654. The summed E-state index contributed by atoms with van der Waals surface area (Å²) in [6, 6.07) is 13.0. The highest BCUT2D eigenvalue weighted by Crippen LogP contribution is 2.30. The highest BCUT2D eigenvalue weighted by Gasteiger charge is 2.11. The second-order valence-corrected chi connectivity index (χ2v) is 4.53. The summed E-state index contributed by atoms with van der Waals surface area (Å²) in [7, 11) is 0. The summed E-state index contributed by atoms with van der Waals surface area (Å²) in [4.78, 5) is 10.3. The van der Waals surface area contributed by atoms with Crippen molar-refractivity contribution >= 4 is 21.6 Å². The lowest BCUT2D eigenvalue weighted by molar-refractivity contribution is -0.385. The molecule has 0 aliphatic heterocycles. The molecule has 19 heavy (non-hydrogen) atoms. The first kappa shape index (κ1) is 13.1. The van der Waals surface area contributed by atoms with Crippen LogP contribution in [0.2, 0.25) is 0 Å². The minimum absolute atomic E-state index is 0.0844. The lowest BCUT2D eigenvalue weighted by atomic mass is 10.2. The van der Waals surface area contributed by atoms with Crippen molar-refractivity contribution in [2.45, 2.75) is 0 Å². The molecule has 0 aliphatic rings. The van der Waals surface area contributed by atoms with Crippen molar-refractivity contribution in [3.05, 3.63) is 62.6 Å². The highest BCUT2D eigenvalue weighted by molar-refractivity contribution is 9.10. The number of nitro groups is 1. The molecule has 0 bridgehead atoms. The third-order valence-corrected chi connectivity index (χ3v) is 2.76. The zero-order chi connectivity index (χ0) is 13.8. The van der Waals surface area contributed by atoms with Crippen LogP contribution in [0.3, 0.4) is 0 Å². The number of nitrogens with zero attached hydrogens (tertiary/aromatic N) is 2. The van der Waals surface area contributed by atoms with E-state index in [1.165, 1.54) is 12.1 Å². The predicted octanol–water partition coefficient (Wildman–Crippen LogP) is 4.02. The van der Waals surface area contributed by atoms with Crippen molar-refractivity contribution in [2.24, 2.45) is 0 Å². The van der Waals surface area contributed by atoms with Gasteiger partial charge in [-0.1, -0.05) is 28.1 Å². The van der Waals surface area contributed by atoms with Crippen LogP contribution >= 0.6 is 15.9 Å². The molecule has 0 spiro atoms. The third-order valence-electron chi connectivity index (χ3n) is 2.30. The molecule has 0 aromatic heterocycles. The smallest absolute Gasteiger partial charge is 0.274 e. The first-order valence-electron chi connectivity index (χ1n) is 5.22. The Labute approximate surface area is 117 Å². The average molecular weight is 319 g/mol. The van der Waals surface area contributed by atoms with E-state index in [9.17, 15) is 10.1 Å². The summed E-state index contributed by atoms with van der Waals surface area (Å²) in [6.07, 6.45) is 0. The number of non-ortho nitro benzene ring substituents is 1. The molecule has 0 radical (unpaired) electrons. The lowest BCUT2D eigenvalue weighted by Gasteiger charge is -2.07. The fourth-order valence-electron chi connectivity index (χ4n) is 1.49. The van der Waals surface area contributed by atoms with Crippen molar-refractivity contribution in [1.29, 1.82) is 5.26 Å². The second kappa shape index (κ2) is 5.50. The molecule has 0 unspecified atom stereocenters. The fourth-order valence-corrected chi connectivity index (χ4v) is 1.95. The summed E-state index contributed by atoms with van der Waals surface area (Å²) in [5.41, 5.74) is 0.281. The molecule has 0 aliphatic carbocycles. The van der Waals surface area contributed by atoms with Gasteiger partial charge in [0.25, 0.3) is 5.69 Å². The molecular formula is C13H7BrN2O3. The molecule has 0 atom stereocenters. The number of rotatable bonds is 3. The molecule has 0 saturated heterocycles. The predicted molar refractivity (Wildman–Crippen MR) is 72.0 cm³/mol. The molecule has 0 saturated carbocycles. The zero-order valence-corrected chi connectivity index (χ0v) is 11.1. The first-order chi connectivity index (χ1) is 9.10. The Morgan fingerprint density at radius 1 is 1.26 bits per heavy atom. The van der Waals surface area contributed by atoms with E-state index in [0.29, 0.717) is 21.5 Å². The highest BCUT2D eigenvalue weighted by atomic mass is 79.9. The molecule has 2 rings (SSSR count). The van der Waals surface area contributed by atoms with Gasteiger partial charge < -0.3 is 4.74 Å². The molecule has 0 N–H and O–H groups in total. The Morgan fingerprint density at radius 3 is 2.68 bits per heavy atom. The summed E-state index contributed by atoms with van der Waals surface area (Å²) >= 11 is 3.18. The van der Waals surface area contributed by atoms with Crippen LogP contribution in [0.1, 0.15) is 5.56 Å². The van der Waals surface area contributed by atoms with Crippen molar-refractivity contribution in [3.63, 3.8) is 0 Å². The molecule has 6 heteroatoms. The van der Waals surface area contributed by atoms with Gasteiger partial charge in [0.15, 0.2) is 0 Å². The van der Waals surface area contributed by atoms with Gasteiger partial charge in [0.1, 0.15) is 17.6 Å². The molecule has 2 aromatic rings. The number of nitriles is 1. The van der Waals surface area contributed by atoms with Gasteiger partial charge in [0.05, 0.1) is 16.6 Å². The van der Waals surface area contributed by atoms with E-state index in [2.05, 4.69) is 15.9 Å². The van der Waals surface area contributed by atoms with E-state index in [-0.39, 0.29) is 5.69 Å². The van der Waals surface area contributed by atoms with Crippen LogP contribution in [0.4, 0.5) is 5.69 Å². The average Bonchev–Trinajstić information content (AvgIpc) is 2.38. The van der Waals surface area contributed by atoms with E-state index < -0.39 is 4.92 Å². The van der Waals surface area contributed by atoms with Gasteiger partial charge in [-0.3, -0.25) is 10.1 Å². The number of halogens is 1. The van der Waals surface area contributed by atoms with E-state index in [1.54, 1.807) is 30.3 Å². The van der Waals surface area contributed by atoms with E-state index in [1.807, 2.05) is 6.07 Å². The SMILES string of the molecule is N#Cc1ccccc1Oc1cc(Br)cc([N+](=O)[O-])c1. The van der Waals surface area contributed by atoms with E-state index in [0.717, 1.165) is 0 Å².